The molecule has 20 heavy (non-hydrogen) atoms. The van der Waals surface area contributed by atoms with Crippen molar-refractivity contribution in [1.29, 1.82) is 0 Å². The number of anilines is 2. The lowest BCUT2D eigenvalue weighted by Crippen LogP contribution is -3.00. The summed E-state index contributed by atoms with van der Waals surface area (Å²) in [6.45, 7) is 5.85. The zero-order valence-corrected chi connectivity index (χ0v) is 13.4. The SMILES string of the molecule is C=CCNc1nc(-c2ccc(NC(C)=O)cc2)cs1.[Br-]. The Kier molecular flexibility index (Phi) is 6.41. The Hall–Kier alpha value is -1.66. The summed E-state index contributed by atoms with van der Waals surface area (Å²) in [7, 11) is 0. The molecule has 1 aromatic heterocycles. The fourth-order valence-corrected chi connectivity index (χ4v) is 2.30. The van der Waals surface area contributed by atoms with Crippen molar-refractivity contribution in [2.75, 3.05) is 17.2 Å². The monoisotopic (exact) mass is 352 g/mol. The first kappa shape index (κ1) is 16.4. The van der Waals surface area contributed by atoms with Crippen molar-refractivity contribution in [1.82, 2.24) is 4.98 Å². The highest BCUT2D eigenvalue weighted by molar-refractivity contribution is 7.14. The molecule has 0 unspecified atom stereocenters. The average Bonchev–Trinajstić information content (AvgIpc) is 2.85. The third kappa shape index (κ3) is 4.47. The summed E-state index contributed by atoms with van der Waals surface area (Å²) in [4.78, 5) is 15.4. The molecule has 0 fully saturated rings. The fourth-order valence-electron chi connectivity index (χ4n) is 1.57. The second kappa shape index (κ2) is 7.81. The van der Waals surface area contributed by atoms with Crippen LogP contribution in [0.4, 0.5) is 10.8 Å². The minimum atomic E-state index is -0.0719. The van der Waals surface area contributed by atoms with Crippen LogP contribution in [-0.2, 0) is 4.79 Å². The van der Waals surface area contributed by atoms with E-state index in [-0.39, 0.29) is 22.9 Å². The van der Waals surface area contributed by atoms with Gasteiger partial charge in [0.25, 0.3) is 0 Å². The number of nitrogens with one attached hydrogen (secondary N) is 2. The van der Waals surface area contributed by atoms with E-state index in [0.717, 1.165) is 22.1 Å². The van der Waals surface area contributed by atoms with Gasteiger partial charge < -0.3 is 27.6 Å². The van der Waals surface area contributed by atoms with Crippen LogP contribution in [-0.4, -0.2) is 17.4 Å². The Bertz CT molecular complexity index is 580. The third-order valence-corrected chi connectivity index (χ3v) is 3.20. The maximum atomic E-state index is 10.9. The predicted octanol–water partition coefficient (Wildman–Crippen LogP) is 0.370. The standard InChI is InChI=1S/C14H15N3OS.BrH/c1-3-8-15-14-17-13(9-19-14)11-4-6-12(7-5-11)16-10(2)18;/h3-7,9H,1,8H2,2H3,(H,15,17)(H,16,18);1H/p-1. The van der Waals surface area contributed by atoms with Gasteiger partial charge in [0.05, 0.1) is 5.69 Å². The summed E-state index contributed by atoms with van der Waals surface area (Å²) in [6.07, 6.45) is 1.79. The molecule has 1 heterocycles. The van der Waals surface area contributed by atoms with Crippen molar-refractivity contribution >= 4 is 28.1 Å². The molecular formula is C14H15BrN3OS-. The number of aromatic nitrogens is 1. The van der Waals surface area contributed by atoms with Crippen molar-refractivity contribution < 1.29 is 21.8 Å². The number of nitrogens with zero attached hydrogens (tertiary/aromatic N) is 1. The van der Waals surface area contributed by atoms with E-state index in [1.165, 1.54) is 6.92 Å². The Labute approximate surface area is 132 Å². The first-order valence-corrected chi connectivity index (χ1v) is 6.75. The summed E-state index contributed by atoms with van der Waals surface area (Å²) in [5.41, 5.74) is 2.74. The number of amides is 1. The molecular weight excluding hydrogens is 338 g/mol. The third-order valence-electron chi connectivity index (χ3n) is 2.40. The van der Waals surface area contributed by atoms with Crippen molar-refractivity contribution in [2.45, 2.75) is 6.92 Å². The first-order chi connectivity index (χ1) is 9.19. The quantitative estimate of drug-likeness (QED) is 0.764. The molecule has 106 valence electrons. The minimum Gasteiger partial charge on any atom is -1.00 e. The number of thiazole rings is 1. The van der Waals surface area contributed by atoms with Crippen LogP contribution in [0.5, 0.6) is 0 Å². The molecule has 0 saturated carbocycles. The van der Waals surface area contributed by atoms with Gasteiger partial charge in [-0.25, -0.2) is 4.98 Å². The van der Waals surface area contributed by atoms with Crippen LogP contribution in [0.25, 0.3) is 11.3 Å². The second-order valence-electron chi connectivity index (χ2n) is 3.97. The molecule has 4 nitrogen and oxygen atoms in total. The molecule has 0 bridgehead atoms. The summed E-state index contributed by atoms with van der Waals surface area (Å²) < 4.78 is 0. The molecule has 0 aliphatic carbocycles. The first-order valence-electron chi connectivity index (χ1n) is 5.87. The highest BCUT2D eigenvalue weighted by atomic mass is 79.9. The van der Waals surface area contributed by atoms with E-state index < -0.39 is 0 Å². The minimum absolute atomic E-state index is 0. The van der Waals surface area contributed by atoms with Crippen LogP contribution in [0, 0.1) is 0 Å². The van der Waals surface area contributed by atoms with Crippen LogP contribution in [0.3, 0.4) is 0 Å². The summed E-state index contributed by atoms with van der Waals surface area (Å²) in [6, 6.07) is 7.62. The number of carbonyl (C=O) groups excluding carboxylic acids is 1. The van der Waals surface area contributed by atoms with Crippen LogP contribution < -0.4 is 27.6 Å². The molecule has 1 aromatic carbocycles. The number of hydrogen-bond acceptors (Lipinski definition) is 4. The van der Waals surface area contributed by atoms with Crippen molar-refractivity contribution in [3.63, 3.8) is 0 Å². The molecule has 1 amide bonds. The fraction of sp³-hybridized carbons (Fsp3) is 0.143. The largest absolute Gasteiger partial charge is 1.00 e. The number of hydrogen-bond donors (Lipinski definition) is 2. The molecule has 0 aliphatic rings. The number of halogens is 1. The topological polar surface area (TPSA) is 54.0 Å². The molecule has 2 aromatic rings. The Morgan fingerprint density at radius 3 is 2.70 bits per heavy atom. The number of carbonyl (C=O) groups is 1. The molecule has 2 N–H and O–H groups in total. The highest BCUT2D eigenvalue weighted by Gasteiger charge is 2.04. The van der Waals surface area contributed by atoms with Gasteiger partial charge in [0.1, 0.15) is 0 Å². The lowest BCUT2D eigenvalue weighted by atomic mass is 10.1. The highest BCUT2D eigenvalue weighted by Crippen LogP contribution is 2.25. The smallest absolute Gasteiger partial charge is 0.221 e. The van der Waals surface area contributed by atoms with Crippen molar-refractivity contribution in [3.8, 4) is 11.3 Å². The Morgan fingerprint density at radius 1 is 1.40 bits per heavy atom. The zero-order valence-electron chi connectivity index (χ0n) is 11.0. The molecule has 2 rings (SSSR count). The Balaban J connectivity index is 0.00000200. The van der Waals surface area contributed by atoms with E-state index in [4.69, 9.17) is 0 Å². The zero-order chi connectivity index (χ0) is 13.7. The van der Waals surface area contributed by atoms with Gasteiger partial charge in [-0.3, -0.25) is 4.79 Å². The normalized spacial score (nSPS) is 9.45. The van der Waals surface area contributed by atoms with Crippen LogP contribution in [0.1, 0.15) is 6.92 Å². The van der Waals surface area contributed by atoms with E-state index in [0.29, 0.717) is 6.54 Å². The summed E-state index contributed by atoms with van der Waals surface area (Å²) in [5, 5.41) is 8.77. The van der Waals surface area contributed by atoms with E-state index in [1.54, 1.807) is 17.4 Å². The molecule has 6 heteroatoms. The summed E-state index contributed by atoms with van der Waals surface area (Å²) >= 11 is 1.56. The number of benzene rings is 1. The maximum absolute atomic E-state index is 10.9. The van der Waals surface area contributed by atoms with Gasteiger partial charge in [-0.15, -0.1) is 17.9 Å². The molecule has 0 aliphatic heterocycles. The van der Waals surface area contributed by atoms with E-state index in [2.05, 4.69) is 22.2 Å². The molecule has 0 atom stereocenters. The van der Waals surface area contributed by atoms with Gasteiger partial charge in [-0.2, -0.15) is 0 Å². The number of rotatable bonds is 5. The second-order valence-corrected chi connectivity index (χ2v) is 4.82. The van der Waals surface area contributed by atoms with Crippen LogP contribution in [0.15, 0.2) is 42.3 Å². The van der Waals surface area contributed by atoms with Crippen molar-refractivity contribution in [3.05, 3.63) is 42.3 Å². The van der Waals surface area contributed by atoms with Gasteiger partial charge in [-0.05, 0) is 12.1 Å². The predicted molar refractivity (Wildman–Crippen MR) is 80.5 cm³/mol. The van der Waals surface area contributed by atoms with Gasteiger partial charge in [-0.1, -0.05) is 18.2 Å². The summed E-state index contributed by atoms with van der Waals surface area (Å²) in [5.74, 6) is -0.0719. The van der Waals surface area contributed by atoms with Crippen LogP contribution in [0.2, 0.25) is 0 Å². The van der Waals surface area contributed by atoms with Gasteiger partial charge in [0.15, 0.2) is 5.13 Å². The van der Waals surface area contributed by atoms with E-state index >= 15 is 0 Å². The van der Waals surface area contributed by atoms with Gasteiger partial charge >= 0.3 is 0 Å². The van der Waals surface area contributed by atoms with E-state index in [1.807, 2.05) is 29.6 Å². The maximum Gasteiger partial charge on any atom is 0.221 e. The molecule has 0 spiro atoms. The van der Waals surface area contributed by atoms with Gasteiger partial charge in [0, 0.05) is 30.1 Å². The van der Waals surface area contributed by atoms with Crippen LogP contribution >= 0.6 is 11.3 Å². The Morgan fingerprint density at radius 2 is 2.10 bits per heavy atom. The van der Waals surface area contributed by atoms with Crippen molar-refractivity contribution in [2.24, 2.45) is 0 Å². The molecule has 0 radical (unpaired) electrons. The lowest BCUT2D eigenvalue weighted by Gasteiger charge is -2.02. The van der Waals surface area contributed by atoms with E-state index in [9.17, 15) is 4.79 Å². The van der Waals surface area contributed by atoms with Gasteiger partial charge in [0.2, 0.25) is 5.91 Å². The lowest BCUT2D eigenvalue weighted by molar-refractivity contribution is -0.114. The average molecular weight is 353 g/mol. The molecule has 0 saturated heterocycles.